The molecule has 0 bridgehead atoms. The van der Waals surface area contributed by atoms with Crippen molar-refractivity contribution in [2.24, 2.45) is 11.8 Å². The van der Waals surface area contributed by atoms with Crippen LogP contribution in [0, 0.1) is 11.8 Å². The summed E-state index contributed by atoms with van der Waals surface area (Å²) < 4.78 is 12.5. The van der Waals surface area contributed by atoms with Crippen molar-refractivity contribution >= 4 is 0 Å². The number of aromatic nitrogens is 2. The van der Waals surface area contributed by atoms with Gasteiger partial charge < -0.3 is 19.7 Å². The lowest BCUT2D eigenvalue weighted by Gasteiger charge is -2.35. The van der Waals surface area contributed by atoms with Crippen LogP contribution in [0.1, 0.15) is 64.1 Å². The van der Waals surface area contributed by atoms with E-state index in [0.717, 1.165) is 52.1 Å². The van der Waals surface area contributed by atoms with Gasteiger partial charge in [-0.1, -0.05) is 27.7 Å². The highest BCUT2D eigenvalue weighted by Gasteiger charge is 2.33. The van der Waals surface area contributed by atoms with E-state index >= 15 is 0 Å². The van der Waals surface area contributed by atoms with Crippen LogP contribution in [0.4, 0.5) is 0 Å². The Hall–Kier alpha value is -0.950. The first-order valence-corrected chi connectivity index (χ1v) is 11.0. The zero-order valence-corrected chi connectivity index (χ0v) is 18.8. The largest absolute Gasteiger partial charge is 0.378 e. The lowest BCUT2D eigenvalue weighted by molar-refractivity contribution is -0.0621. The van der Waals surface area contributed by atoms with E-state index in [1.165, 1.54) is 11.3 Å². The Labute approximate surface area is 171 Å². The number of aromatic amines is 1. The topological polar surface area (TPSA) is 62.4 Å². The summed E-state index contributed by atoms with van der Waals surface area (Å²) in [7, 11) is 4.16. The van der Waals surface area contributed by atoms with E-state index in [9.17, 15) is 0 Å². The second kappa shape index (κ2) is 11.9. The van der Waals surface area contributed by atoms with Gasteiger partial charge in [0, 0.05) is 50.5 Å². The molecule has 1 aromatic rings. The van der Waals surface area contributed by atoms with Gasteiger partial charge in [-0.15, -0.1) is 0 Å². The number of hydrogen-bond donors (Lipinski definition) is 2. The van der Waals surface area contributed by atoms with Crippen LogP contribution >= 0.6 is 0 Å². The van der Waals surface area contributed by atoms with Crippen molar-refractivity contribution in [3.05, 3.63) is 17.5 Å². The predicted molar refractivity (Wildman–Crippen MR) is 115 cm³/mol. The second-order valence-electron chi connectivity index (χ2n) is 9.24. The molecular formula is C22H42N4O2. The van der Waals surface area contributed by atoms with Crippen molar-refractivity contribution in [3.8, 4) is 0 Å². The molecule has 2 unspecified atom stereocenters. The van der Waals surface area contributed by atoms with Crippen molar-refractivity contribution in [3.63, 3.8) is 0 Å². The summed E-state index contributed by atoms with van der Waals surface area (Å²) in [6.07, 6.45) is 5.64. The first-order valence-electron chi connectivity index (χ1n) is 11.0. The SMILES string of the molecule is CNCCN(C)Cc1c[nH]nc1C1CC(OCC(C)C)CC(OCC(C)C)C1. The van der Waals surface area contributed by atoms with Gasteiger partial charge in [0.15, 0.2) is 0 Å². The molecule has 1 aliphatic carbocycles. The van der Waals surface area contributed by atoms with E-state index < -0.39 is 0 Å². The number of H-pyrrole nitrogens is 1. The molecule has 0 aliphatic heterocycles. The Morgan fingerprint density at radius 1 is 1.11 bits per heavy atom. The third-order valence-electron chi connectivity index (χ3n) is 5.27. The third kappa shape index (κ3) is 7.82. The van der Waals surface area contributed by atoms with Crippen LogP contribution < -0.4 is 5.32 Å². The Bertz CT molecular complexity index is 526. The second-order valence-corrected chi connectivity index (χ2v) is 9.24. The zero-order valence-electron chi connectivity index (χ0n) is 18.8. The summed E-state index contributed by atoms with van der Waals surface area (Å²) >= 11 is 0. The van der Waals surface area contributed by atoms with Crippen LogP contribution in [0.3, 0.4) is 0 Å². The number of nitrogens with zero attached hydrogens (tertiary/aromatic N) is 2. The van der Waals surface area contributed by atoms with Crippen LogP contribution in [0.2, 0.25) is 0 Å². The summed E-state index contributed by atoms with van der Waals surface area (Å²) in [4.78, 5) is 2.34. The normalized spacial score (nSPS) is 23.2. The molecule has 162 valence electrons. The molecule has 2 N–H and O–H groups in total. The molecule has 1 aliphatic rings. The van der Waals surface area contributed by atoms with Crippen LogP contribution in [-0.2, 0) is 16.0 Å². The van der Waals surface area contributed by atoms with E-state index in [-0.39, 0.29) is 12.2 Å². The minimum atomic E-state index is 0.255. The van der Waals surface area contributed by atoms with Gasteiger partial charge in [0.2, 0.25) is 0 Å². The minimum Gasteiger partial charge on any atom is -0.378 e. The standard InChI is InChI=1S/C22H42N4O2/c1-16(2)14-27-20-9-18(10-21(11-20)28-15-17(3)4)22-19(12-24-25-22)13-26(6)8-7-23-5/h12,16-18,20-21,23H,7-11,13-15H2,1-6H3,(H,24,25). The lowest BCUT2D eigenvalue weighted by atomic mass is 9.82. The highest BCUT2D eigenvalue weighted by Crippen LogP contribution is 2.37. The zero-order chi connectivity index (χ0) is 20.5. The Kier molecular flexibility index (Phi) is 9.92. The molecule has 1 fully saturated rings. The molecule has 28 heavy (non-hydrogen) atoms. The molecule has 0 aromatic carbocycles. The Morgan fingerprint density at radius 3 is 2.25 bits per heavy atom. The minimum absolute atomic E-state index is 0.255. The molecule has 1 saturated carbocycles. The first kappa shape index (κ1) is 23.3. The maximum atomic E-state index is 6.25. The average molecular weight is 395 g/mol. The van der Waals surface area contributed by atoms with Crippen molar-refractivity contribution < 1.29 is 9.47 Å². The maximum Gasteiger partial charge on any atom is 0.0699 e. The van der Waals surface area contributed by atoms with Crippen LogP contribution in [0.25, 0.3) is 0 Å². The molecule has 6 nitrogen and oxygen atoms in total. The molecule has 1 aromatic heterocycles. The first-order chi connectivity index (χ1) is 13.4. The Balaban J connectivity index is 2.05. The van der Waals surface area contributed by atoms with Crippen LogP contribution in [-0.4, -0.2) is 67.7 Å². The van der Waals surface area contributed by atoms with E-state index in [4.69, 9.17) is 9.47 Å². The molecule has 0 saturated heterocycles. The molecule has 0 spiro atoms. The fourth-order valence-electron chi connectivity index (χ4n) is 3.85. The van der Waals surface area contributed by atoms with Gasteiger partial charge >= 0.3 is 0 Å². The summed E-state index contributed by atoms with van der Waals surface area (Å²) in [6, 6.07) is 0. The summed E-state index contributed by atoms with van der Waals surface area (Å²) in [6.45, 7) is 13.4. The molecule has 6 heteroatoms. The molecule has 1 heterocycles. The lowest BCUT2D eigenvalue weighted by Crippen LogP contribution is -2.34. The number of nitrogens with one attached hydrogen (secondary N) is 2. The maximum absolute atomic E-state index is 6.25. The van der Waals surface area contributed by atoms with Crippen molar-refractivity contribution in [1.82, 2.24) is 20.4 Å². The van der Waals surface area contributed by atoms with Gasteiger partial charge in [0.05, 0.1) is 17.9 Å². The number of likely N-dealkylation sites (N-methyl/N-ethyl adjacent to an activating group) is 2. The third-order valence-corrected chi connectivity index (χ3v) is 5.27. The van der Waals surface area contributed by atoms with Gasteiger partial charge in [0.1, 0.15) is 0 Å². The van der Waals surface area contributed by atoms with Gasteiger partial charge in [-0.05, 0) is 45.2 Å². The van der Waals surface area contributed by atoms with Crippen molar-refractivity contribution in [2.45, 2.75) is 71.6 Å². The van der Waals surface area contributed by atoms with Crippen LogP contribution in [0.5, 0.6) is 0 Å². The highest BCUT2D eigenvalue weighted by atomic mass is 16.5. The Morgan fingerprint density at radius 2 is 1.71 bits per heavy atom. The number of rotatable bonds is 12. The number of ether oxygens (including phenoxy) is 2. The van der Waals surface area contributed by atoms with E-state index in [0.29, 0.717) is 17.8 Å². The fourth-order valence-corrected chi connectivity index (χ4v) is 3.85. The molecule has 2 rings (SSSR count). The van der Waals surface area contributed by atoms with Gasteiger partial charge in [-0.2, -0.15) is 5.10 Å². The quantitative estimate of drug-likeness (QED) is 0.569. The summed E-state index contributed by atoms with van der Waals surface area (Å²) in [5.41, 5.74) is 2.50. The predicted octanol–water partition coefficient (Wildman–Crippen LogP) is 3.41. The van der Waals surface area contributed by atoms with Crippen molar-refractivity contribution in [1.29, 1.82) is 0 Å². The smallest absolute Gasteiger partial charge is 0.0699 e. The van der Waals surface area contributed by atoms with E-state index in [1.54, 1.807) is 0 Å². The van der Waals surface area contributed by atoms with Crippen molar-refractivity contribution in [2.75, 3.05) is 40.4 Å². The highest BCUT2D eigenvalue weighted by molar-refractivity contribution is 5.21. The van der Waals surface area contributed by atoms with E-state index in [2.05, 4.69) is 61.4 Å². The molecule has 0 amide bonds. The monoisotopic (exact) mass is 394 g/mol. The average Bonchev–Trinajstić information content (AvgIpc) is 3.11. The van der Waals surface area contributed by atoms with E-state index in [1.807, 2.05) is 7.05 Å². The van der Waals surface area contributed by atoms with Gasteiger partial charge in [0.25, 0.3) is 0 Å². The molecule has 0 radical (unpaired) electrons. The van der Waals surface area contributed by atoms with Crippen LogP contribution in [0.15, 0.2) is 6.20 Å². The fraction of sp³-hybridized carbons (Fsp3) is 0.864. The van der Waals surface area contributed by atoms with Gasteiger partial charge in [-0.25, -0.2) is 0 Å². The number of hydrogen-bond acceptors (Lipinski definition) is 5. The summed E-state index contributed by atoms with van der Waals surface area (Å²) in [5.74, 6) is 1.50. The molecular weight excluding hydrogens is 352 g/mol. The van der Waals surface area contributed by atoms with Gasteiger partial charge in [-0.3, -0.25) is 5.10 Å². The molecule has 2 atom stereocenters. The summed E-state index contributed by atoms with van der Waals surface area (Å²) in [5, 5.41) is 11.0.